The minimum absolute atomic E-state index is 0.507. The summed E-state index contributed by atoms with van der Waals surface area (Å²) in [5.74, 6) is 0.824. The van der Waals surface area contributed by atoms with Gasteiger partial charge in [-0.15, -0.1) is 10.2 Å². The van der Waals surface area contributed by atoms with Crippen molar-refractivity contribution in [2.24, 2.45) is 0 Å². The Kier molecular flexibility index (Phi) is 5.91. The second kappa shape index (κ2) is 8.35. The third-order valence-electron chi connectivity index (χ3n) is 4.67. The minimum atomic E-state index is 0.507. The number of rotatable bonds is 8. The number of fused-ring (bicyclic) bond motifs is 1. The molecule has 0 amide bonds. The van der Waals surface area contributed by atoms with E-state index in [1.165, 1.54) is 0 Å². The number of nitrogens with zero attached hydrogens (tertiary/aromatic N) is 5. The van der Waals surface area contributed by atoms with E-state index in [0.29, 0.717) is 12.1 Å². The van der Waals surface area contributed by atoms with Crippen LogP contribution in [0.3, 0.4) is 0 Å². The summed E-state index contributed by atoms with van der Waals surface area (Å²) >= 11 is 0. The molecule has 1 N–H and O–H groups in total. The number of methoxy groups -OCH3 is 1. The highest BCUT2D eigenvalue weighted by Gasteiger charge is 2.14. The molecule has 2 heterocycles. The van der Waals surface area contributed by atoms with Crippen molar-refractivity contribution in [2.75, 3.05) is 25.5 Å². The van der Waals surface area contributed by atoms with Crippen LogP contribution < -0.4 is 10.1 Å². The van der Waals surface area contributed by atoms with Crippen LogP contribution in [0.4, 0.5) is 5.69 Å². The SMILES string of the molecule is COc1ccc(-c2cc(NCCN(C(C)C)C(C)C)c3nncn3n2)cc1. The van der Waals surface area contributed by atoms with E-state index in [1.54, 1.807) is 18.0 Å². The fourth-order valence-corrected chi connectivity index (χ4v) is 3.29. The average molecular weight is 368 g/mol. The second-order valence-corrected chi connectivity index (χ2v) is 7.12. The van der Waals surface area contributed by atoms with E-state index in [0.717, 1.165) is 41.4 Å². The van der Waals surface area contributed by atoms with Gasteiger partial charge in [-0.3, -0.25) is 4.90 Å². The van der Waals surface area contributed by atoms with Gasteiger partial charge < -0.3 is 10.1 Å². The molecule has 3 rings (SSSR count). The summed E-state index contributed by atoms with van der Waals surface area (Å²) in [6, 6.07) is 10.9. The van der Waals surface area contributed by atoms with Crippen LogP contribution in [0.15, 0.2) is 36.7 Å². The maximum atomic E-state index is 5.24. The van der Waals surface area contributed by atoms with Crippen molar-refractivity contribution in [3.63, 3.8) is 0 Å². The quantitative estimate of drug-likeness (QED) is 0.658. The van der Waals surface area contributed by atoms with E-state index in [9.17, 15) is 0 Å². The van der Waals surface area contributed by atoms with Crippen molar-refractivity contribution >= 4 is 11.3 Å². The third kappa shape index (κ3) is 4.36. The van der Waals surface area contributed by atoms with Gasteiger partial charge in [-0.1, -0.05) is 0 Å². The Labute approximate surface area is 160 Å². The molecule has 7 heteroatoms. The van der Waals surface area contributed by atoms with Gasteiger partial charge in [0.25, 0.3) is 0 Å². The molecule has 144 valence electrons. The largest absolute Gasteiger partial charge is 0.497 e. The lowest BCUT2D eigenvalue weighted by Crippen LogP contribution is -2.40. The summed E-state index contributed by atoms with van der Waals surface area (Å²) in [5, 5.41) is 16.3. The monoisotopic (exact) mass is 368 g/mol. The highest BCUT2D eigenvalue weighted by Crippen LogP contribution is 2.24. The first kappa shape index (κ1) is 19.1. The molecule has 0 unspecified atom stereocenters. The number of anilines is 1. The maximum Gasteiger partial charge on any atom is 0.200 e. The summed E-state index contributed by atoms with van der Waals surface area (Å²) in [5.41, 5.74) is 3.53. The lowest BCUT2D eigenvalue weighted by Gasteiger charge is -2.30. The molecule has 7 nitrogen and oxygen atoms in total. The molecule has 1 aromatic carbocycles. The molecule has 0 atom stereocenters. The Morgan fingerprint density at radius 2 is 1.81 bits per heavy atom. The van der Waals surface area contributed by atoms with E-state index in [-0.39, 0.29) is 0 Å². The van der Waals surface area contributed by atoms with Crippen LogP contribution in [0, 0.1) is 0 Å². The molecule has 0 radical (unpaired) electrons. The van der Waals surface area contributed by atoms with Crippen molar-refractivity contribution in [3.05, 3.63) is 36.7 Å². The Bertz CT molecular complexity index is 864. The first-order valence-corrected chi connectivity index (χ1v) is 9.34. The van der Waals surface area contributed by atoms with Crippen LogP contribution in [-0.4, -0.2) is 57.0 Å². The van der Waals surface area contributed by atoms with Crippen molar-refractivity contribution in [3.8, 4) is 17.0 Å². The van der Waals surface area contributed by atoms with Gasteiger partial charge in [0.2, 0.25) is 5.65 Å². The van der Waals surface area contributed by atoms with Gasteiger partial charge in [-0.05, 0) is 58.0 Å². The van der Waals surface area contributed by atoms with Gasteiger partial charge in [0, 0.05) is 30.7 Å². The molecule has 0 aliphatic rings. The van der Waals surface area contributed by atoms with E-state index >= 15 is 0 Å². The second-order valence-electron chi connectivity index (χ2n) is 7.12. The predicted molar refractivity (Wildman–Crippen MR) is 108 cm³/mol. The fourth-order valence-electron chi connectivity index (χ4n) is 3.29. The molecule has 0 bridgehead atoms. The zero-order chi connectivity index (χ0) is 19.4. The summed E-state index contributed by atoms with van der Waals surface area (Å²) in [6.07, 6.45) is 1.63. The molecule has 0 saturated heterocycles. The number of hydrogen-bond acceptors (Lipinski definition) is 6. The molecular weight excluding hydrogens is 340 g/mol. The lowest BCUT2D eigenvalue weighted by molar-refractivity contribution is 0.182. The normalized spacial score (nSPS) is 11.7. The molecule has 0 fully saturated rings. The van der Waals surface area contributed by atoms with Crippen LogP contribution in [0.5, 0.6) is 5.75 Å². The van der Waals surface area contributed by atoms with Crippen molar-refractivity contribution in [1.82, 2.24) is 24.7 Å². The first-order valence-electron chi connectivity index (χ1n) is 9.34. The summed E-state index contributed by atoms with van der Waals surface area (Å²) in [4.78, 5) is 2.46. The fraction of sp³-hybridized carbons (Fsp3) is 0.450. The molecular formula is C20H28N6O. The van der Waals surface area contributed by atoms with Crippen LogP contribution in [0.2, 0.25) is 0 Å². The molecule has 3 aromatic rings. The third-order valence-corrected chi connectivity index (χ3v) is 4.67. The highest BCUT2D eigenvalue weighted by atomic mass is 16.5. The predicted octanol–water partition coefficient (Wildman–Crippen LogP) is 3.33. The Balaban J connectivity index is 1.83. The Morgan fingerprint density at radius 1 is 1.11 bits per heavy atom. The van der Waals surface area contributed by atoms with Gasteiger partial charge in [0.15, 0.2) is 0 Å². The van der Waals surface area contributed by atoms with Crippen LogP contribution >= 0.6 is 0 Å². The van der Waals surface area contributed by atoms with E-state index in [4.69, 9.17) is 4.74 Å². The highest BCUT2D eigenvalue weighted by molar-refractivity contribution is 5.73. The summed E-state index contributed by atoms with van der Waals surface area (Å²) in [7, 11) is 1.66. The average Bonchev–Trinajstić information content (AvgIpc) is 3.13. The number of benzene rings is 1. The molecule has 0 aliphatic heterocycles. The molecule has 0 saturated carbocycles. The number of ether oxygens (including phenoxy) is 1. The lowest BCUT2D eigenvalue weighted by atomic mass is 10.1. The van der Waals surface area contributed by atoms with Gasteiger partial charge in [0.05, 0.1) is 18.5 Å². The van der Waals surface area contributed by atoms with Crippen molar-refractivity contribution in [1.29, 1.82) is 0 Å². The Morgan fingerprint density at radius 3 is 2.44 bits per heavy atom. The van der Waals surface area contributed by atoms with E-state index in [1.807, 2.05) is 30.3 Å². The van der Waals surface area contributed by atoms with Gasteiger partial charge in [-0.2, -0.15) is 9.61 Å². The summed E-state index contributed by atoms with van der Waals surface area (Å²) < 4.78 is 6.95. The van der Waals surface area contributed by atoms with Crippen molar-refractivity contribution in [2.45, 2.75) is 39.8 Å². The standard InChI is InChI=1S/C20H28N6O/c1-14(2)25(15(3)4)11-10-21-19-12-18(24-26-13-22-23-20(19)26)16-6-8-17(27-5)9-7-16/h6-9,12-15,21H,10-11H2,1-5H3. The van der Waals surface area contributed by atoms with Gasteiger partial charge in [0.1, 0.15) is 12.1 Å². The smallest absolute Gasteiger partial charge is 0.200 e. The van der Waals surface area contributed by atoms with Gasteiger partial charge in [-0.25, -0.2) is 0 Å². The first-order chi connectivity index (χ1) is 13.0. The van der Waals surface area contributed by atoms with Crippen LogP contribution in [0.25, 0.3) is 16.9 Å². The maximum absolute atomic E-state index is 5.24. The number of nitrogens with one attached hydrogen (secondary N) is 1. The van der Waals surface area contributed by atoms with Gasteiger partial charge >= 0.3 is 0 Å². The van der Waals surface area contributed by atoms with E-state index in [2.05, 4.69) is 53.2 Å². The Hall–Kier alpha value is -2.67. The van der Waals surface area contributed by atoms with Crippen LogP contribution in [0.1, 0.15) is 27.7 Å². The zero-order valence-corrected chi connectivity index (χ0v) is 16.7. The molecule has 0 aliphatic carbocycles. The van der Waals surface area contributed by atoms with Crippen molar-refractivity contribution < 1.29 is 4.74 Å². The van der Waals surface area contributed by atoms with Crippen LogP contribution in [-0.2, 0) is 0 Å². The zero-order valence-electron chi connectivity index (χ0n) is 16.7. The number of hydrogen-bond donors (Lipinski definition) is 1. The number of aromatic nitrogens is 4. The molecule has 0 spiro atoms. The molecule has 2 aromatic heterocycles. The summed E-state index contributed by atoms with van der Waals surface area (Å²) in [6.45, 7) is 10.7. The minimum Gasteiger partial charge on any atom is -0.497 e. The van der Waals surface area contributed by atoms with E-state index < -0.39 is 0 Å². The topological polar surface area (TPSA) is 67.6 Å². The molecule has 27 heavy (non-hydrogen) atoms.